The second-order valence-electron chi connectivity index (χ2n) is 2.90. The molecule has 2 aromatic rings. The van der Waals surface area contributed by atoms with Gasteiger partial charge in [0.05, 0.1) is 11.9 Å². The highest BCUT2D eigenvalue weighted by molar-refractivity contribution is 5.61. The molecule has 0 aliphatic carbocycles. The standard InChI is InChI=1S/C9H6F3N3/c10-9(11,12)7-5-14-15-8(7)6-2-1-3-13-4-6/h1-5H,(H,14,15). The van der Waals surface area contributed by atoms with Crippen LogP contribution < -0.4 is 0 Å². The van der Waals surface area contributed by atoms with Crippen LogP contribution in [0.15, 0.2) is 30.7 Å². The average Bonchev–Trinajstić information content (AvgIpc) is 2.67. The van der Waals surface area contributed by atoms with E-state index < -0.39 is 11.7 Å². The van der Waals surface area contributed by atoms with Gasteiger partial charge in [0.2, 0.25) is 0 Å². The third-order valence-corrected chi connectivity index (χ3v) is 1.89. The Kier molecular flexibility index (Phi) is 2.18. The quantitative estimate of drug-likeness (QED) is 0.790. The Labute approximate surface area is 83.0 Å². The van der Waals surface area contributed by atoms with Crippen LogP contribution in [0, 0.1) is 0 Å². The number of halogens is 3. The zero-order valence-electron chi connectivity index (χ0n) is 7.42. The third kappa shape index (κ3) is 1.83. The lowest BCUT2D eigenvalue weighted by atomic mass is 10.1. The Bertz CT molecular complexity index is 447. The van der Waals surface area contributed by atoms with Gasteiger partial charge in [-0.05, 0) is 12.1 Å². The van der Waals surface area contributed by atoms with Crippen LogP contribution in [-0.4, -0.2) is 15.2 Å². The van der Waals surface area contributed by atoms with Gasteiger partial charge in [0.25, 0.3) is 0 Å². The molecule has 2 heterocycles. The monoisotopic (exact) mass is 213 g/mol. The number of nitrogens with one attached hydrogen (secondary N) is 1. The molecule has 0 unspecified atom stereocenters. The van der Waals surface area contributed by atoms with E-state index in [2.05, 4.69) is 15.2 Å². The van der Waals surface area contributed by atoms with Gasteiger partial charge in [-0.3, -0.25) is 10.1 Å². The Morgan fingerprint density at radius 3 is 2.60 bits per heavy atom. The number of aromatic nitrogens is 3. The summed E-state index contributed by atoms with van der Waals surface area (Å²) >= 11 is 0. The van der Waals surface area contributed by atoms with Crippen molar-refractivity contribution in [3.8, 4) is 11.3 Å². The SMILES string of the molecule is FC(F)(F)c1cn[nH]c1-c1cccnc1. The smallest absolute Gasteiger partial charge is 0.277 e. The van der Waals surface area contributed by atoms with Crippen molar-refractivity contribution in [3.63, 3.8) is 0 Å². The molecule has 0 aliphatic rings. The molecule has 6 heteroatoms. The molecule has 0 aromatic carbocycles. The summed E-state index contributed by atoms with van der Waals surface area (Å²) < 4.78 is 37.5. The van der Waals surface area contributed by atoms with Gasteiger partial charge >= 0.3 is 6.18 Å². The van der Waals surface area contributed by atoms with Gasteiger partial charge in [-0.25, -0.2) is 0 Å². The molecule has 0 atom stereocenters. The maximum absolute atomic E-state index is 12.5. The minimum absolute atomic E-state index is 0.0596. The average molecular weight is 213 g/mol. The first-order chi connectivity index (χ1) is 7.09. The van der Waals surface area contributed by atoms with Crippen molar-refractivity contribution < 1.29 is 13.2 Å². The fourth-order valence-corrected chi connectivity index (χ4v) is 1.23. The molecule has 78 valence electrons. The molecule has 15 heavy (non-hydrogen) atoms. The maximum atomic E-state index is 12.5. The van der Waals surface area contributed by atoms with E-state index in [-0.39, 0.29) is 5.69 Å². The van der Waals surface area contributed by atoms with Crippen LogP contribution in [-0.2, 0) is 6.18 Å². The number of nitrogens with zero attached hydrogens (tertiary/aromatic N) is 2. The van der Waals surface area contributed by atoms with Gasteiger partial charge in [0, 0.05) is 18.0 Å². The van der Waals surface area contributed by atoms with Gasteiger partial charge in [-0.2, -0.15) is 18.3 Å². The highest BCUT2D eigenvalue weighted by Crippen LogP contribution is 2.35. The second kappa shape index (κ2) is 3.38. The number of pyridine rings is 1. The predicted octanol–water partition coefficient (Wildman–Crippen LogP) is 2.49. The fourth-order valence-electron chi connectivity index (χ4n) is 1.23. The van der Waals surface area contributed by atoms with Crippen LogP contribution in [0.25, 0.3) is 11.3 Å². The molecule has 0 saturated heterocycles. The molecule has 1 N–H and O–H groups in total. The summed E-state index contributed by atoms with van der Waals surface area (Å²) in [7, 11) is 0. The summed E-state index contributed by atoms with van der Waals surface area (Å²) in [5.74, 6) is 0. The molecular formula is C9H6F3N3. The van der Waals surface area contributed by atoms with Crippen molar-refractivity contribution in [2.45, 2.75) is 6.18 Å². The molecule has 3 nitrogen and oxygen atoms in total. The normalized spacial score (nSPS) is 11.7. The minimum atomic E-state index is -4.40. The van der Waals surface area contributed by atoms with Crippen LogP contribution in [0.1, 0.15) is 5.56 Å². The lowest BCUT2D eigenvalue weighted by molar-refractivity contribution is -0.137. The number of hydrogen-bond donors (Lipinski definition) is 1. The lowest BCUT2D eigenvalue weighted by Gasteiger charge is -2.06. The number of alkyl halides is 3. The van der Waals surface area contributed by atoms with Crippen molar-refractivity contribution in [2.24, 2.45) is 0 Å². The highest BCUT2D eigenvalue weighted by Gasteiger charge is 2.35. The van der Waals surface area contributed by atoms with E-state index in [1.54, 1.807) is 6.07 Å². The molecule has 0 aliphatic heterocycles. The Morgan fingerprint density at radius 1 is 1.20 bits per heavy atom. The molecule has 0 fully saturated rings. The number of rotatable bonds is 1. The van der Waals surface area contributed by atoms with E-state index >= 15 is 0 Å². The van der Waals surface area contributed by atoms with E-state index in [0.29, 0.717) is 5.56 Å². The summed E-state index contributed by atoms with van der Waals surface area (Å²) in [6, 6.07) is 3.10. The van der Waals surface area contributed by atoms with E-state index in [9.17, 15) is 13.2 Å². The number of H-pyrrole nitrogens is 1. The topological polar surface area (TPSA) is 41.6 Å². The van der Waals surface area contributed by atoms with Crippen molar-refractivity contribution in [2.75, 3.05) is 0 Å². The summed E-state index contributed by atoms with van der Waals surface area (Å²) in [4.78, 5) is 3.75. The summed E-state index contributed by atoms with van der Waals surface area (Å²) in [6.07, 6.45) is -0.795. The van der Waals surface area contributed by atoms with Gasteiger partial charge < -0.3 is 0 Å². The van der Waals surface area contributed by atoms with Crippen molar-refractivity contribution in [3.05, 3.63) is 36.3 Å². The molecule has 0 amide bonds. The fraction of sp³-hybridized carbons (Fsp3) is 0.111. The first kappa shape index (κ1) is 9.70. The molecule has 0 saturated carbocycles. The van der Waals surface area contributed by atoms with E-state index in [1.165, 1.54) is 18.5 Å². The van der Waals surface area contributed by atoms with Crippen LogP contribution >= 0.6 is 0 Å². The van der Waals surface area contributed by atoms with Crippen LogP contribution in [0.5, 0.6) is 0 Å². The maximum Gasteiger partial charge on any atom is 0.420 e. The van der Waals surface area contributed by atoms with Crippen LogP contribution in [0.3, 0.4) is 0 Å². The predicted molar refractivity (Wildman–Crippen MR) is 46.8 cm³/mol. The molecule has 2 aromatic heterocycles. The lowest BCUT2D eigenvalue weighted by Crippen LogP contribution is -2.05. The third-order valence-electron chi connectivity index (χ3n) is 1.89. The Balaban J connectivity index is 2.51. The van der Waals surface area contributed by atoms with Crippen molar-refractivity contribution in [1.82, 2.24) is 15.2 Å². The molecule has 0 spiro atoms. The van der Waals surface area contributed by atoms with Gasteiger partial charge in [-0.15, -0.1) is 0 Å². The zero-order chi connectivity index (χ0) is 10.9. The highest BCUT2D eigenvalue weighted by atomic mass is 19.4. The molecule has 2 rings (SSSR count). The van der Waals surface area contributed by atoms with Gasteiger partial charge in [0.1, 0.15) is 5.56 Å². The summed E-state index contributed by atoms with van der Waals surface area (Å²) in [5, 5.41) is 5.71. The number of hydrogen-bond acceptors (Lipinski definition) is 2. The second-order valence-corrected chi connectivity index (χ2v) is 2.90. The first-order valence-electron chi connectivity index (χ1n) is 4.10. The van der Waals surface area contributed by atoms with E-state index in [4.69, 9.17) is 0 Å². The van der Waals surface area contributed by atoms with Crippen molar-refractivity contribution in [1.29, 1.82) is 0 Å². The van der Waals surface area contributed by atoms with Crippen LogP contribution in [0.2, 0.25) is 0 Å². The first-order valence-corrected chi connectivity index (χ1v) is 4.10. The van der Waals surface area contributed by atoms with Gasteiger partial charge in [-0.1, -0.05) is 0 Å². The molecule has 0 bridgehead atoms. The van der Waals surface area contributed by atoms with Gasteiger partial charge in [0.15, 0.2) is 0 Å². The van der Waals surface area contributed by atoms with Crippen molar-refractivity contribution >= 4 is 0 Å². The minimum Gasteiger partial charge on any atom is -0.277 e. The summed E-state index contributed by atoms with van der Waals surface area (Å²) in [6.45, 7) is 0. The van der Waals surface area contributed by atoms with E-state index in [1.807, 2.05) is 0 Å². The van der Waals surface area contributed by atoms with Crippen LogP contribution in [0.4, 0.5) is 13.2 Å². The molecular weight excluding hydrogens is 207 g/mol. The Morgan fingerprint density at radius 2 is 2.00 bits per heavy atom. The zero-order valence-corrected chi connectivity index (χ0v) is 7.42. The largest absolute Gasteiger partial charge is 0.420 e. The Hall–Kier alpha value is -1.85. The van der Waals surface area contributed by atoms with E-state index in [0.717, 1.165) is 6.20 Å². The number of aromatic amines is 1. The summed E-state index contributed by atoms with van der Waals surface area (Å²) in [5.41, 5.74) is -0.478. The molecule has 0 radical (unpaired) electrons.